The number of carbonyl (C=O) groups excluding carboxylic acids is 3. The molecular formula is C29H46N4O3. The van der Waals surface area contributed by atoms with Crippen molar-refractivity contribution in [1.82, 2.24) is 15.1 Å². The van der Waals surface area contributed by atoms with Gasteiger partial charge >= 0.3 is 0 Å². The molecule has 7 nitrogen and oxygen atoms in total. The van der Waals surface area contributed by atoms with Gasteiger partial charge in [-0.3, -0.25) is 14.4 Å². The second-order valence-corrected chi connectivity index (χ2v) is 10.6. The van der Waals surface area contributed by atoms with Crippen molar-refractivity contribution in [2.75, 3.05) is 31.2 Å². The van der Waals surface area contributed by atoms with Gasteiger partial charge in [-0.05, 0) is 44.7 Å². The molecule has 36 heavy (non-hydrogen) atoms. The SMILES string of the molecule is CCCCCCCCCC(=O)N1CCC2(CC1)C(=O)N(CC(=O)NC(C)CC)CN2c1ccccc1. The number of benzene rings is 1. The molecule has 2 aliphatic heterocycles. The molecule has 0 aliphatic carbocycles. The molecule has 1 N–H and O–H groups in total. The topological polar surface area (TPSA) is 73.0 Å². The van der Waals surface area contributed by atoms with Crippen LogP contribution in [0.4, 0.5) is 5.69 Å². The predicted octanol–water partition coefficient (Wildman–Crippen LogP) is 4.71. The number of hydrogen-bond donors (Lipinski definition) is 1. The van der Waals surface area contributed by atoms with Gasteiger partial charge in [0.15, 0.2) is 0 Å². The molecule has 2 fully saturated rings. The lowest BCUT2D eigenvalue weighted by Gasteiger charge is -2.43. The van der Waals surface area contributed by atoms with E-state index in [0.29, 0.717) is 39.0 Å². The van der Waals surface area contributed by atoms with Crippen molar-refractivity contribution in [2.45, 2.75) is 103 Å². The third-order valence-corrected chi connectivity index (χ3v) is 7.87. The standard InChI is InChI=1S/C29H46N4O3/c1-4-6-7-8-9-10-14-17-27(35)31-20-18-29(19-21-31)28(36)32(22-26(34)30-24(3)5-2)23-33(29)25-15-12-11-13-16-25/h11-13,15-16,24H,4-10,14,17-23H2,1-3H3,(H,30,34). The highest BCUT2D eigenvalue weighted by Gasteiger charge is 2.54. The molecule has 0 radical (unpaired) electrons. The van der Waals surface area contributed by atoms with E-state index in [1.54, 1.807) is 4.90 Å². The molecule has 2 aliphatic rings. The average Bonchev–Trinajstić information content (AvgIpc) is 3.14. The molecule has 1 spiro atoms. The molecule has 3 rings (SSSR count). The number of carbonyl (C=O) groups is 3. The molecule has 7 heteroatoms. The van der Waals surface area contributed by atoms with Crippen molar-refractivity contribution in [1.29, 1.82) is 0 Å². The number of nitrogens with zero attached hydrogens (tertiary/aromatic N) is 3. The zero-order valence-corrected chi connectivity index (χ0v) is 22.6. The maximum atomic E-state index is 13.8. The van der Waals surface area contributed by atoms with Crippen LogP contribution in [-0.2, 0) is 14.4 Å². The van der Waals surface area contributed by atoms with Crippen LogP contribution < -0.4 is 10.2 Å². The summed E-state index contributed by atoms with van der Waals surface area (Å²) < 4.78 is 0. The maximum absolute atomic E-state index is 13.8. The fraction of sp³-hybridized carbons (Fsp3) is 0.690. The molecule has 2 saturated heterocycles. The second-order valence-electron chi connectivity index (χ2n) is 10.6. The van der Waals surface area contributed by atoms with Gasteiger partial charge in [0.25, 0.3) is 5.91 Å². The van der Waals surface area contributed by atoms with E-state index in [1.165, 1.54) is 32.1 Å². The van der Waals surface area contributed by atoms with Crippen LogP contribution in [0.3, 0.4) is 0 Å². The van der Waals surface area contributed by atoms with E-state index in [2.05, 4.69) is 17.1 Å². The monoisotopic (exact) mass is 498 g/mol. The highest BCUT2D eigenvalue weighted by Crippen LogP contribution is 2.39. The zero-order chi connectivity index (χ0) is 26.0. The molecule has 200 valence electrons. The van der Waals surface area contributed by atoms with Gasteiger partial charge in [0, 0.05) is 31.2 Å². The molecule has 0 bridgehead atoms. The van der Waals surface area contributed by atoms with Crippen molar-refractivity contribution in [3.8, 4) is 0 Å². The van der Waals surface area contributed by atoms with E-state index in [4.69, 9.17) is 0 Å². The fourth-order valence-corrected chi connectivity index (χ4v) is 5.44. The molecule has 1 atom stereocenters. The van der Waals surface area contributed by atoms with Gasteiger partial charge in [0.05, 0.1) is 6.67 Å². The minimum absolute atomic E-state index is 0.00447. The van der Waals surface area contributed by atoms with Gasteiger partial charge in [-0.2, -0.15) is 0 Å². The molecule has 1 aromatic rings. The minimum atomic E-state index is -0.700. The highest BCUT2D eigenvalue weighted by atomic mass is 16.2. The van der Waals surface area contributed by atoms with Crippen LogP contribution in [0.15, 0.2) is 30.3 Å². The van der Waals surface area contributed by atoms with E-state index in [9.17, 15) is 14.4 Å². The lowest BCUT2D eigenvalue weighted by Crippen LogP contribution is -2.57. The van der Waals surface area contributed by atoms with Gasteiger partial charge in [-0.1, -0.05) is 70.6 Å². The fourth-order valence-electron chi connectivity index (χ4n) is 5.44. The molecular weight excluding hydrogens is 452 g/mol. The third-order valence-electron chi connectivity index (χ3n) is 7.87. The second kappa shape index (κ2) is 13.7. The molecule has 3 amide bonds. The number of para-hydroxylation sites is 1. The number of hydrogen-bond acceptors (Lipinski definition) is 4. The van der Waals surface area contributed by atoms with E-state index >= 15 is 0 Å². The summed E-state index contributed by atoms with van der Waals surface area (Å²) >= 11 is 0. The average molecular weight is 499 g/mol. The van der Waals surface area contributed by atoms with Crippen molar-refractivity contribution in [2.24, 2.45) is 0 Å². The Balaban J connectivity index is 1.60. The number of likely N-dealkylation sites (tertiary alicyclic amines) is 1. The normalized spacial score (nSPS) is 18.1. The van der Waals surface area contributed by atoms with Crippen LogP contribution >= 0.6 is 0 Å². The number of anilines is 1. The first-order valence-electron chi connectivity index (χ1n) is 14.1. The van der Waals surface area contributed by atoms with Crippen LogP contribution in [-0.4, -0.2) is 65.4 Å². The summed E-state index contributed by atoms with van der Waals surface area (Å²) in [6.45, 7) is 7.84. The van der Waals surface area contributed by atoms with Crippen LogP contribution in [0.1, 0.15) is 91.4 Å². The van der Waals surface area contributed by atoms with Crippen LogP contribution in [0.25, 0.3) is 0 Å². The van der Waals surface area contributed by atoms with Crippen molar-refractivity contribution >= 4 is 23.4 Å². The summed E-state index contributed by atoms with van der Waals surface area (Å²) in [5.74, 6) is 0.0924. The minimum Gasteiger partial charge on any atom is -0.352 e. The van der Waals surface area contributed by atoms with Gasteiger partial charge in [0.2, 0.25) is 11.8 Å². The van der Waals surface area contributed by atoms with Gasteiger partial charge in [-0.15, -0.1) is 0 Å². The Hall–Kier alpha value is -2.57. The summed E-state index contributed by atoms with van der Waals surface area (Å²) in [7, 11) is 0. The summed E-state index contributed by atoms with van der Waals surface area (Å²) in [6.07, 6.45) is 11.0. The van der Waals surface area contributed by atoms with Crippen molar-refractivity contribution in [3.05, 3.63) is 30.3 Å². The zero-order valence-electron chi connectivity index (χ0n) is 22.6. The summed E-state index contributed by atoms with van der Waals surface area (Å²) in [5, 5.41) is 2.98. The molecule has 2 heterocycles. The first-order valence-corrected chi connectivity index (χ1v) is 14.1. The number of unbranched alkanes of at least 4 members (excludes halogenated alkanes) is 6. The summed E-state index contributed by atoms with van der Waals surface area (Å²) in [4.78, 5) is 45.0. The van der Waals surface area contributed by atoms with Gasteiger partial charge < -0.3 is 20.0 Å². The van der Waals surface area contributed by atoms with E-state index in [1.807, 2.05) is 49.1 Å². The summed E-state index contributed by atoms with van der Waals surface area (Å²) in [5.41, 5.74) is 0.284. The van der Waals surface area contributed by atoms with Gasteiger partial charge in [-0.25, -0.2) is 0 Å². The van der Waals surface area contributed by atoms with E-state index < -0.39 is 5.54 Å². The Morgan fingerprint density at radius 2 is 1.61 bits per heavy atom. The van der Waals surface area contributed by atoms with Crippen molar-refractivity contribution < 1.29 is 14.4 Å². The molecule has 0 saturated carbocycles. The van der Waals surface area contributed by atoms with Crippen molar-refractivity contribution in [3.63, 3.8) is 0 Å². The summed E-state index contributed by atoms with van der Waals surface area (Å²) in [6, 6.07) is 10.1. The smallest absolute Gasteiger partial charge is 0.250 e. The Morgan fingerprint density at radius 3 is 2.25 bits per heavy atom. The predicted molar refractivity (Wildman–Crippen MR) is 145 cm³/mol. The Morgan fingerprint density at radius 1 is 0.972 bits per heavy atom. The molecule has 1 aromatic carbocycles. The van der Waals surface area contributed by atoms with E-state index in [0.717, 1.165) is 24.9 Å². The van der Waals surface area contributed by atoms with Crippen LogP contribution in [0.5, 0.6) is 0 Å². The Bertz CT molecular complexity index is 851. The van der Waals surface area contributed by atoms with E-state index in [-0.39, 0.29) is 30.3 Å². The number of nitrogens with one attached hydrogen (secondary N) is 1. The molecule has 1 unspecified atom stereocenters. The Kier molecular flexibility index (Phi) is 10.6. The van der Waals surface area contributed by atoms with Crippen LogP contribution in [0.2, 0.25) is 0 Å². The maximum Gasteiger partial charge on any atom is 0.250 e. The quantitative estimate of drug-likeness (QED) is 0.400. The Labute approximate surface area is 217 Å². The number of rotatable bonds is 13. The first-order chi connectivity index (χ1) is 17.4. The lowest BCUT2D eigenvalue weighted by atomic mass is 9.85. The van der Waals surface area contributed by atoms with Gasteiger partial charge in [0.1, 0.15) is 12.1 Å². The lowest BCUT2D eigenvalue weighted by molar-refractivity contribution is -0.140. The number of piperidine rings is 1. The van der Waals surface area contributed by atoms with Crippen LogP contribution in [0, 0.1) is 0 Å². The highest BCUT2D eigenvalue weighted by molar-refractivity contribution is 5.96. The number of amides is 3. The third kappa shape index (κ3) is 7.01. The first kappa shape index (κ1) is 28.0. The molecule has 0 aromatic heterocycles. The largest absolute Gasteiger partial charge is 0.352 e.